The van der Waals surface area contributed by atoms with Gasteiger partial charge in [-0.05, 0) is 37.6 Å². The van der Waals surface area contributed by atoms with E-state index in [-0.39, 0.29) is 17.9 Å². The minimum Gasteiger partial charge on any atom is -0.399 e. The van der Waals surface area contributed by atoms with Gasteiger partial charge in [0.05, 0.1) is 18.6 Å². The van der Waals surface area contributed by atoms with Crippen LogP contribution >= 0.6 is 0 Å². The number of nitrogen functional groups attached to an aromatic ring is 1. The molecular formula is C13H18N2O2. The van der Waals surface area contributed by atoms with Gasteiger partial charge < -0.3 is 15.4 Å². The third-order valence-electron chi connectivity index (χ3n) is 3.16. The maximum absolute atomic E-state index is 12.2. The van der Waals surface area contributed by atoms with Crippen LogP contribution in [0.5, 0.6) is 0 Å². The number of carbonyl (C=O) groups is 1. The van der Waals surface area contributed by atoms with Gasteiger partial charge in [0.2, 0.25) is 5.91 Å². The van der Waals surface area contributed by atoms with E-state index in [9.17, 15) is 4.79 Å². The quantitative estimate of drug-likeness (QED) is 0.792. The fraction of sp³-hybridized carbons (Fsp3) is 0.462. The second-order valence-corrected chi connectivity index (χ2v) is 4.57. The number of rotatable bonds is 2. The van der Waals surface area contributed by atoms with Crippen LogP contribution in [-0.4, -0.2) is 25.7 Å². The van der Waals surface area contributed by atoms with E-state index in [1.807, 2.05) is 19.1 Å². The lowest BCUT2D eigenvalue weighted by atomic mass is 10.0. The van der Waals surface area contributed by atoms with Gasteiger partial charge in [-0.15, -0.1) is 0 Å². The van der Waals surface area contributed by atoms with Crippen molar-refractivity contribution in [1.82, 2.24) is 0 Å². The zero-order valence-electron chi connectivity index (χ0n) is 10.2. The molecule has 1 aliphatic heterocycles. The summed E-state index contributed by atoms with van der Waals surface area (Å²) in [6.45, 7) is 2.52. The minimum atomic E-state index is -0.0208. The van der Waals surface area contributed by atoms with Crippen molar-refractivity contribution in [1.29, 1.82) is 0 Å². The lowest BCUT2D eigenvalue weighted by molar-refractivity contribution is -0.122. The van der Waals surface area contributed by atoms with Crippen molar-refractivity contribution in [2.45, 2.75) is 19.4 Å². The molecule has 0 aromatic heterocycles. The number of ether oxygens (including phenoxy) is 1. The Hall–Kier alpha value is -1.55. The van der Waals surface area contributed by atoms with Crippen LogP contribution in [0.1, 0.15) is 13.3 Å². The fourth-order valence-corrected chi connectivity index (χ4v) is 2.09. The number of hydrogen-bond donors (Lipinski definition) is 1. The Balaban J connectivity index is 2.06. The molecule has 0 saturated carbocycles. The maximum atomic E-state index is 12.2. The van der Waals surface area contributed by atoms with Crippen molar-refractivity contribution >= 4 is 17.3 Å². The van der Waals surface area contributed by atoms with Crippen LogP contribution in [0.15, 0.2) is 24.3 Å². The Labute approximate surface area is 101 Å². The summed E-state index contributed by atoms with van der Waals surface area (Å²) in [4.78, 5) is 13.9. The van der Waals surface area contributed by atoms with E-state index in [1.54, 1.807) is 24.1 Å². The number of benzene rings is 1. The first-order valence-electron chi connectivity index (χ1n) is 5.82. The summed E-state index contributed by atoms with van der Waals surface area (Å²) in [7, 11) is 1.79. The van der Waals surface area contributed by atoms with Gasteiger partial charge in [0.25, 0.3) is 0 Å². The van der Waals surface area contributed by atoms with E-state index in [1.165, 1.54) is 0 Å². The zero-order chi connectivity index (χ0) is 12.4. The number of anilines is 2. The molecule has 2 N–H and O–H groups in total. The van der Waals surface area contributed by atoms with Crippen molar-refractivity contribution in [2.75, 3.05) is 24.3 Å². The molecule has 1 aromatic rings. The molecule has 0 aliphatic carbocycles. The van der Waals surface area contributed by atoms with E-state index in [4.69, 9.17) is 10.5 Å². The predicted molar refractivity (Wildman–Crippen MR) is 67.8 cm³/mol. The number of hydrogen-bond acceptors (Lipinski definition) is 3. The summed E-state index contributed by atoms with van der Waals surface area (Å²) in [5.41, 5.74) is 7.19. The van der Waals surface area contributed by atoms with E-state index in [0.717, 1.165) is 12.1 Å². The normalized spacial score (nSPS) is 23.6. The maximum Gasteiger partial charge on any atom is 0.232 e. The van der Waals surface area contributed by atoms with Crippen LogP contribution in [-0.2, 0) is 9.53 Å². The third-order valence-corrected chi connectivity index (χ3v) is 3.16. The van der Waals surface area contributed by atoms with E-state index in [0.29, 0.717) is 12.3 Å². The molecule has 4 nitrogen and oxygen atoms in total. The van der Waals surface area contributed by atoms with Crippen LogP contribution in [0.25, 0.3) is 0 Å². The SMILES string of the molecule is CC1CC(C(=O)N(C)c2ccc(N)cc2)CO1. The van der Waals surface area contributed by atoms with Gasteiger partial charge in [-0.3, -0.25) is 4.79 Å². The number of nitrogens with two attached hydrogens (primary N) is 1. The molecule has 1 aliphatic rings. The summed E-state index contributed by atoms with van der Waals surface area (Å²) in [5, 5.41) is 0. The summed E-state index contributed by atoms with van der Waals surface area (Å²) < 4.78 is 5.42. The topological polar surface area (TPSA) is 55.6 Å². The van der Waals surface area contributed by atoms with Crippen LogP contribution in [0.2, 0.25) is 0 Å². The molecule has 2 rings (SSSR count). The summed E-state index contributed by atoms with van der Waals surface area (Å²) in [6.07, 6.45) is 0.988. The van der Waals surface area contributed by atoms with Gasteiger partial charge in [0, 0.05) is 18.4 Å². The molecule has 17 heavy (non-hydrogen) atoms. The second-order valence-electron chi connectivity index (χ2n) is 4.57. The van der Waals surface area contributed by atoms with Crippen molar-refractivity contribution in [2.24, 2.45) is 5.92 Å². The highest BCUT2D eigenvalue weighted by molar-refractivity contribution is 5.94. The molecule has 0 radical (unpaired) electrons. The molecule has 0 bridgehead atoms. The van der Waals surface area contributed by atoms with Crippen molar-refractivity contribution in [3.05, 3.63) is 24.3 Å². The molecule has 1 heterocycles. The Kier molecular flexibility index (Phi) is 3.33. The van der Waals surface area contributed by atoms with Crippen LogP contribution in [0, 0.1) is 5.92 Å². The minimum absolute atomic E-state index is 0.0208. The van der Waals surface area contributed by atoms with Crippen LogP contribution in [0.4, 0.5) is 11.4 Å². The zero-order valence-corrected chi connectivity index (χ0v) is 10.2. The van der Waals surface area contributed by atoms with E-state index < -0.39 is 0 Å². The molecular weight excluding hydrogens is 216 g/mol. The lowest BCUT2D eigenvalue weighted by Gasteiger charge is -2.20. The van der Waals surface area contributed by atoms with E-state index in [2.05, 4.69) is 0 Å². The molecule has 1 amide bonds. The van der Waals surface area contributed by atoms with Gasteiger partial charge in [0.1, 0.15) is 0 Å². The first kappa shape index (κ1) is 11.9. The molecule has 1 saturated heterocycles. The smallest absolute Gasteiger partial charge is 0.232 e. The third kappa shape index (κ3) is 2.58. The molecule has 2 unspecified atom stereocenters. The lowest BCUT2D eigenvalue weighted by Crippen LogP contribution is -2.33. The summed E-state index contributed by atoms with van der Waals surface area (Å²) in [6, 6.07) is 7.30. The van der Waals surface area contributed by atoms with Gasteiger partial charge >= 0.3 is 0 Å². The Morgan fingerprint density at radius 3 is 2.59 bits per heavy atom. The average molecular weight is 234 g/mol. The van der Waals surface area contributed by atoms with Crippen molar-refractivity contribution in [3.8, 4) is 0 Å². The Morgan fingerprint density at radius 1 is 1.41 bits per heavy atom. The Bertz CT molecular complexity index is 402. The van der Waals surface area contributed by atoms with Gasteiger partial charge in [-0.1, -0.05) is 0 Å². The molecule has 4 heteroatoms. The van der Waals surface area contributed by atoms with Crippen LogP contribution in [0.3, 0.4) is 0 Å². The first-order chi connectivity index (χ1) is 8.08. The highest BCUT2D eigenvalue weighted by atomic mass is 16.5. The second kappa shape index (κ2) is 4.75. The number of nitrogens with zero attached hydrogens (tertiary/aromatic N) is 1. The standard InChI is InChI=1S/C13H18N2O2/c1-9-7-10(8-17-9)13(16)15(2)12-5-3-11(14)4-6-12/h3-6,9-10H,7-8,14H2,1-2H3. The molecule has 92 valence electrons. The predicted octanol–water partition coefficient (Wildman–Crippen LogP) is 1.66. The molecule has 2 atom stereocenters. The summed E-state index contributed by atoms with van der Waals surface area (Å²) >= 11 is 0. The van der Waals surface area contributed by atoms with Crippen molar-refractivity contribution < 1.29 is 9.53 Å². The summed E-state index contributed by atoms with van der Waals surface area (Å²) in [5.74, 6) is 0.0895. The average Bonchev–Trinajstić information content (AvgIpc) is 2.75. The molecule has 1 fully saturated rings. The van der Waals surface area contributed by atoms with Gasteiger partial charge in [-0.25, -0.2) is 0 Å². The van der Waals surface area contributed by atoms with Crippen molar-refractivity contribution in [3.63, 3.8) is 0 Å². The van der Waals surface area contributed by atoms with Gasteiger partial charge in [0.15, 0.2) is 0 Å². The molecule has 1 aromatic carbocycles. The highest BCUT2D eigenvalue weighted by Crippen LogP contribution is 2.24. The van der Waals surface area contributed by atoms with Crippen LogP contribution < -0.4 is 10.6 Å². The number of amides is 1. The monoisotopic (exact) mass is 234 g/mol. The number of carbonyl (C=O) groups excluding carboxylic acids is 1. The highest BCUT2D eigenvalue weighted by Gasteiger charge is 2.30. The van der Waals surface area contributed by atoms with Gasteiger partial charge in [-0.2, -0.15) is 0 Å². The first-order valence-corrected chi connectivity index (χ1v) is 5.82. The van der Waals surface area contributed by atoms with E-state index >= 15 is 0 Å². The largest absolute Gasteiger partial charge is 0.399 e. The molecule has 0 spiro atoms. The fourth-order valence-electron chi connectivity index (χ4n) is 2.09. The Morgan fingerprint density at radius 2 is 2.06 bits per heavy atom.